The van der Waals surface area contributed by atoms with Crippen LogP contribution in [0.1, 0.15) is 12.7 Å². The molecule has 0 atom stereocenters. The first-order valence-electron chi connectivity index (χ1n) is 5.15. The van der Waals surface area contributed by atoms with Gasteiger partial charge in [-0.15, -0.1) is 10.2 Å². The molecule has 1 N–H and O–H groups in total. The van der Waals surface area contributed by atoms with E-state index in [1.807, 2.05) is 29.7 Å². The normalized spacial score (nSPS) is 10.8. The number of halogens is 2. The monoisotopic (exact) mass is 315 g/mol. The molecular formula is C11H11BrClN3O. The van der Waals surface area contributed by atoms with Crippen molar-refractivity contribution in [3.8, 4) is 11.4 Å². The average Bonchev–Trinajstić information content (AvgIpc) is 2.71. The zero-order chi connectivity index (χ0) is 12.4. The molecule has 4 nitrogen and oxygen atoms in total. The predicted octanol–water partition coefficient (Wildman–Crippen LogP) is 2.87. The van der Waals surface area contributed by atoms with Crippen molar-refractivity contribution in [1.82, 2.24) is 14.8 Å². The molecule has 0 radical (unpaired) electrons. The minimum absolute atomic E-state index is 0.130. The van der Waals surface area contributed by atoms with Gasteiger partial charge in [0.25, 0.3) is 0 Å². The molecule has 0 fully saturated rings. The van der Waals surface area contributed by atoms with Crippen LogP contribution in [0.25, 0.3) is 11.4 Å². The lowest BCUT2D eigenvalue weighted by Gasteiger charge is -2.07. The highest BCUT2D eigenvalue weighted by Gasteiger charge is 2.14. The zero-order valence-corrected chi connectivity index (χ0v) is 11.5. The molecule has 0 aliphatic heterocycles. The summed E-state index contributed by atoms with van der Waals surface area (Å²) in [6.07, 6.45) is 0. The van der Waals surface area contributed by atoms with Gasteiger partial charge in [0.05, 0.1) is 5.02 Å². The lowest BCUT2D eigenvalue weighted by molar-refractivity contribution is 0.265. The summed E-state index contributed by atoms with van der Waals surface area (Å²) < 4.78 is 2.76. The fourth-order valence-electron chi connectivity index (χ4n) is 1.65. The van der Waals surface area contributed by atoms with E-state index in [0.29, 0.717) is 23.2 Å². The largest absolute Gasteiger partial charge is 0.388 e. The Morgan fingerprint density at radius 1 is 1.41 bits per heavy atom. The summed E-state index contributed by atoms with van der Waals surface area (Å²) in [6.45, 7) is 2.53. The maximum atomic E-state index is 9.16. The van der Waals surface area contributed by atoms with Crippen LogP contribution in [0, 0.1) is 0 Å². The molecule has 2 aromatic rings. The van der Waals surface area contributed by atoms with Gasteiger partial charge in [0.2, 0.25) is 0 Å². The number of hydrogen-bond donors (Lipinski definition) is 1. The third-order valence-corrected chi connectivity index (χ3v) is 3.26. The van der Waals surface area contributed by atoms with Crippen molar-refractivity contribution in [2.45, 2.75) is 20.1 Å². The highest BCUT2D eigenvalue weighted by atomic mass is 79.9. The molecule has 0 saturated carbocycles. The van der Waals surface area contributed by atoms with E-state index in [9.17, 15) is 0 Å². The van der Waals surface area contributed by atoms with Crippen molar-refractivity contribution in [2.24, 2.45) is 0 Å². The summed E-state index contributed by atoms with van der Waals surface area (Å²) in [5, 5.41) is 17.8. The van der Waals surface area contributed by atoms with E-state index in [1.165, 1.54) is 0 Å². The first-order chi connectivity index (χ1) is 8.17. The number of hydrogen-bond acceptors (Lipinski definition) is 3. The Morgan fingerprint density at radius 2 is 2.18 bits per heavy atom. The Balaban J connectivity index is 2.56. The number of aliphatic hydroxyl groups excluding tert-OH is 1. The van der Waals surface area contributed by atoms with Crippen LogP contribution < -0.4 is 0 Å². The molecule has 6 heteroatoms. The molecular weight excluding hydrogens is 305 g/mol. The van der Waals surface area contributed by atoms with Crippen LogP contribution in [-0.4, -0.2) is 19.9 Å². The van der Waals surface area contributed by atoms with Crippen molar-refractivity contribution in [1.29, 1.82) is 0 Å². The smallest absolute Gasteiger partial charge is 0.165 e. The number of aromatic nitrogens is 3. The minimum Gasteiger partial charge on any atom is -0.388 e. The van der Waals surface area contributed by atoms with Crippen LogP contribution in [0.3, 0.4) is 0 Å². The van der Waals surface area contributed by atoms with E-state index in [-0.39, 0.29) is 6.61 Å². The summed E-state index contributed by atoms with van der Waals surface area (Å²) in [5.74, 6) is 1.22. The van der Waals surface area contributed by atoms with E-state index in [0.717, 1.165) is 10.0 Å². The molecule has 0 bridgehead atoms. The van der Waals surface area contributed by atoms with Gasteiger partial charge in [-0.3, -0.25) is 0 Å². The van der Waals surface area contributed by atoms with E-state index in [1.54, 1.807) is 0 Å². The SMILES string of the molecule is CCn1c(CO)nnc1-c1ccc(Br)cc1Cl. The van der Waals surface area contributed by atoms with Gasteiger partial charge in [-0.2, -0.15) is 0 Å². The summed E-state index contributed by atoms with van der Waals surface area (Å²) in [5.41, 5.74) is 0.809. The molecule has 1 aromatic heterocycles. The molecule has 17 heavy (non-hydrogen) atoms. The summed E-state index contributed by atoms with van der Waals surface area (Å²) >= 11 is 9.53. The van der Waals surface area contributed by atoms with Crippen LogP contribution in [0.2, 0.25) is 5.02 Å². The van der Waals surface area contributed by atoms with Crippen LogP contribution in [0.15, 0.2) is 22.7 Å². The minimum atomic E-state index is -0.130. The molecule has 1 heterocycles. The Kier molecular flexibility index (Phi) is 3.81. The van der Waals surface area contributed by atoms with E-state index in [4.69, 9.17) is 16.7 Å². The van der Waals surface area contributed by atoms with E-state index in [2.05, 4.69) is 26.1 Å². The van der Waals surface area contributed by atoms with Gasteiger partial charge in [0.15, 0.2) is 11.6 Å². The molecule has 1 aromatic carbocycles. The maximum Gasteiger partial charge on any atom is 0.165 e. The Bertz CT molecular complexity index is 542. The molecule has 0 saturated heterocycles. The molecule has 0 aliphatic rings. The maximum absolute atomic E-state index is 9.16. The van der Waals surface area contributed by atoms with Gasteiger partial charge in [-0.1, -0.05) is 27.5 Å². The molecule has 90 valence electrons. The third-order valence-electron chi connectivity index (χ3n) is 2.46. The predicted molar refractivity (Wildman–Crippen MR) is 69.8 cm³/mol. The molecule has 2 rings (SSSR count). The summed E-state index contributed by atoms with van der Waals surface area (Å²) in [6, 6.07) is 5.59. The van der Waals surface area contributed by atoms with Crippen LogP contribution >= 0.6 is 27.5 Å². The van der Waals surface area contributed by atoms with Gasteiger partial charge in [-0.05, 0) is 25.1 Å². The van der Waals surface area contributed by atoms with Crippen LogP contribution in [-0.2, 0) is 13.2 Å². The Hall–Kier alpha value is -0.910. The molecule has 0 spiro atoms. The number of aliphatic hydroxyl groups is 1. The number of benzene rings is 1. The van der Waals surface area contributed by atoms with Gasteiger partial charge >= 0.3 is 0 Å². The third kappa shape index (κ3) is 2.36. The highest BCUT2D eigenvalue weighted by Crippen LogP contribution is 2.29. The van der Waals surface area contributed by atoms with Crippen LogP contribution in [0.5, 0.6) is 0 Å². The fraction of sp³-hybridized carbons (Fsp3) is 0.273. The second-order valence-electron chi connectivity index (χ2n) is 3.47. The summed E-state index contributed by atoms with van der Waals surface area (Å²) in [4.78, 5) is 0. The second-order valence-corrected chi connectivity index (χ2v) is 4.79. The zero-order valence-electron chi connectivity index (χ0n) is 9.19. The van der Waals surface area contributed by atoms with Crippen molar-refractivity contribution in [3.63, 3.8) is 0 Å². The topological polar surface area (TPSA) is 50.9 Å². The van der Waals surface area contributed by atoms with Crippen molar-refractivity contribution >= 4 is 27.5 Å². The van der Waals surface area contributed by atoms with E-state index >= 15 is 0 Å². The van der Waals surface area contributed by atoms with Gasteiger partial charge in [-0.25, -0.2) is 0 Å². The quantitative estimate of drug-likeness (QED) is 0.947. The number of rotatable bonds is 3. The van der Waals surface area contributed by atoms with Gasteiger partial charge in [0.1, 0.15) is 6.61 Å². The standard InChI is InChI=1S/C11H11BrClN3O/c1-2-16-10(6-17)14-15-11(16)8-4-3-7(12)5-9(8)13/h3-5,17H,2,6H2,1H3. The average molecular weight is 317 g/mol. The van der Waals surface area contributed by atoms with E-state index < -0.39 is 0 Å². The van der Waals surface area contributed by atoms with Gasteiger partial charge < -0.3 is 9.67 Å². The first-order valence-corrected chi connectivity index (χ1v) is 6.32. The van der Waals surface area contributed by atoms with Crippen molar-refractivity contribution < 1.29 is 5.11 Å². The second kappa shape index (κ2) is 5.16. The lowest BCUT2D eigenvalue weighted by Crippen LogP contribution is -2.03. The Morgan fingerprint density at radius 3 is 2.76 bits per heavy atom. The highest BCUT2D eigenvalue weighted by molar-refractivity contribution is 9.10. The van der Waals surface area contributed by atoms with Crippen molar-refractivity contribution in [3.05, 3.63) is 33.5 Å². The molecule has 0 unspecified atom stereocenters. The lowest BCUT2D eigenvalue weighted by atomic mass is 10.2. The summed E-state index contributed by atoms with van der Waals surface area (Å²) in [7, 11) is 0. The van der Waals surface area contributed by atoms with Crippen LogP contribution in [0.4, 0.5) is 0 Å². The fourth-order valence-corrected chi connectivity index (χ4v) is 2.41. The first kappa shape index (κ1) is 12.5. The molecule has 0 aliphatic carbocycles. The van der Waals surface area contributed by atoms with Crippen molar-refractivity contribution in [2.75, 3.05) is 0 Å². The molecule has 0 amide bonds. The number of nitrogens with zero attached hydrogens (tertiary/aromatic N) is 3. The Labute approximate surface area is 112 Å². The van der Waals surface area contributed by atoms with Gasteiger partial charge in [0, 0.05) is 16.6 Å².